The fraction of sp³-hybridized carbons (Fsp3) is 0.364. The number of halogens is 1. The Bertz CT molecular complexity index is 305. The van der Waals surface area contributed by atoms with Crippen molar-refractivity contribution in [3.8, 4) is 0 Å². The molecule has 0 spiro atoms. The van der Waals surface area contributed by atoms with E-state index in [0.717, 1.165) is 5.02 Å². The van der Waals surface area contributed by atoms with E-state index in [0.29, 0.717) is 0 Å². The molecule has 0 radical (unpaired) electrons. The van der Waals surface area contributed by atoms with Crippen LogP contribution in [0, 0.1) is 0 Å². The normalized spacial score (nSPS) is 16.2. The van der Waals surface area contributed by atoms with Crippen molar-refractivity contribution in [2.24, 2.45) is 0 Å². The zero-order valence-corrected chi connectivity index (χ0v) is 8.30. The van der Waals surface area contributed by atoms with E-state index in [-0.39, 0.29) is 0 Å². The summed E-state index contributed by atoms with van der Waals surface area (Å²) >= 11 is 5.80. The molecule has 1 aromatic carbocycles. The highest BCUT2D eigenvalue weighted by atomic mass is 35.5. The second-order valence-corrected chi connectivity index (χ2v) is 3.86. The summed E-state index contributed by atoms with van der Waals surface area (Å²) in [6.07, 6.45) is 4.86. The van der Waals surface area contributed by atoms with Crippen LogP contribution in [0.25, 0.3) is 0 Å². The fourth-order valence-electron chi connectivity index (χ4n) is 1.63. The van der Waals surface area contributed by atoms with Gasteiger partial charge in [0.15, 0.2) is 6.21 Å². The minimum atomic E-state index is 0.804. The van der Waals surface area contributed by atoms with Crippen LogP contribution in [0.4, 0.5) is 0 Å². The smallest absolute Gasteiger partial charge is 0.170 e. The summed E-state index contributed by atoms with van der Waals surface area (Å²) in [5, 5.41) is 0.804. The largest absolute Gasteiger partial charge is 0.236 e. The molecule has 0 atom stereocenters. The summed E-state index contributed by atoms with van der Waals surface area (Å²) in [6.45, 7) is 2.39. The second-order valence-electron chi connectivity index (χ2n) is 3.42. The summed E-state index contributed by atoms with van der Waals surface area (Å²) in [6, 6.07) is 7.98. The Labute approximate surface area is 83.7 Å². The van der Waals surface area contributed by atoms with Gasteiger partial charge in [-0.1, -0.05) is 11.6 Å². The molecule has 1 heterocycles. The van der Waals surface area contributed by atoms with Gasteiger partial charge < -0.3 is 0 Å². The summed E-state index contributed by atoms with van der Waals surface area (Å²) in [5.74, 6) is 0. The molecule has 1 aromatic rings. The molecule has 0 unspecified atom stereocenters. The predicted molar refractivity (Wildman–Crippen MR) is 55.8 cm³/mol. The first-order valence-corrected chi connectivity index (χ1v) is 5.07. The molecule has 2 rings (SSSR count). The van der Waals surface area contributed by atoms with E-state index in [1.807, 2.05) is 12.1 Å². The van der Waals surface area contributed by atoms with Crippen molar-refractivity contribution in [3.05, 3.63) is 34.9 Å². The Morgan fingerprint density at radius 1 is 1.08 bits per heavy atom. The molecule has 2 heteroatoms. The van der Waals surface area contributed by atoms with Crippen molar-refractivity contribution in [3.63, 3.8) is 0 Å². The van der Waals surface area contributed by atoms with E-state index < -0.39 is 0 Å². The summed E-state index contributed by atoms with van der Waals surface area (Å²) in [5.41, 5.74) is 1.24. The van der Waals surface area contributed by atoms with E-state index in [4.69, 9.17) is 11.6 Å². The zero-order valence-electron chi connectivity index (χ0n) is 7.54. The van der Waals surface area contributed by atoms with Crippen molar-refractivity contribution in [1.82, 2.24) is 0 Å². The van der Waals surface area contributed by atoms with Crippen molar-refractivity contribution >= 4 is 17.8 Å². The van der Waals surface area contributed by atoms with Crippen LogP contribution in [-0.2, 0) is 0 Å². The molecule has 1 aliphatic rings. The standard InChI is InChI=1S/C11H13ClN/c12-11-5-3-10(4-6-11)9-13-7-1-2-8-13/h3-6,9H,1-2,7-8H2/q+1. The van der Waals surface area contributed by atoms with Crippen LogP contribution in [0.15, 0.2) is 24.3 Å². The lowest BCUT2D eigenvalue weighted by Crippen LogP contribution is -2.07. The van der Waals surface area contributed by atoms with Crippen LogP contribution in [0.2, 0.25) is 5.02 Å². The Morgan fingerprint density at radius 2 is 1.69 bits per heavy atom. The first kappa shape index (κ1) is 8.76. The second kappa shape index (κ2) is 3.93. The molecule has 0 bridgehead atoms. The molecular formula is C11H13ClN+. The van der Waals surface area contributed by atoms with E-state index >= 15 is 0 Å². The zero-order chi connectivity index (χ0) is 9.10. The van der Waals surface area contributed by atoms with Gasteiger partial charge in [-0.3, -0.25) is 0 Å². The Kier molecular flexibility index (Phi) is 2.65. The average Bonchev–Trinajstić information content (AvgIpc) is 2.62. The van der Waals surface area contributed by atoms with Crippen LogP contribution in [0.5, 0.6) is 0 Å². The van der Waals surface area contributed by atoms with Crippen LogP contribution >= 0.6 is 11.6 Å². The highest BCUT2D eigenvalue weighted by Crippen LogP contribution is 2.08. The van der Waals surface area contributed by atoms with E-state index in [1.54, 1.807) is 0 Å². The molecule has 1 nitrogen and oxygen atoms in total. The van der Waals surface area contributed by atoms with Crippen molar-refractivity contribution < 1.29 is 4.58 Å². The third kappa shape index (κ3) is 2.31. The summed E-state index contributed by atoms with van der Waals surface area (Å²) < 4.78 is 2.36. The lowest BCUT2D eigenvalue weighted by molar-refractivity contribution is -0.500. The average molecular weight is 195 g/mol. The van der Waals surface area contributed by atoms with E-state index in [1.165, 1.54) is 31.5 Å². The van der Waals surface area contributed by atoms with Gasteiger partial charge in [0, 0.05) is 23.4 Å². The van der Waals surface area contributed by atoms with Crippen LogP contribution in [0.1, 0.15) is 18.4 Å². The maximum Gasteiger partial charge on any atom is 0.170 e. The lowest BCUT2D eigenvalue weighted by atomic mass is 10.2. The highest BCUT2D eigenvalue weighted by molar-refractivity contribution is 6.30. The Morgan fingerprint density at radius 3 is 2.31 bits per heavy atom. The first-order chi connectivity index (χ1) is 6.34. The number of hydrogen-bond donors (Lipinski definition) is 0. The number of hydrogen-bond acceptors (Lipinski definition) is 0. The van der Waals surface area contributed by atoms with Gasteiger partial charge in [-0.05, 0) is 24.3 Å². The molecule has 0 aromatic heterocycles. The maximum atomic E-state index is 5.80. The topological polar surface area (TPSA) is 3.01 Å². The van der Waals surface area contributed by atoms with Gasteiger partial charge in [-0.25, -0.2) is 4.58 Å². The molecule has 68 valence electrons. The van der Waals surface area contributed by atoms with Gasteiger partial charge in [0.25, 0.3) is 0 Å². The van der Waals surface area contributed by atoms with Gasteiger partial charge in [0.1, 0.15) is 13.1 Å². The van der Waals surface area contributed by atoms with Gasteiger partial charge in [-0.15, -0.1) is 0 Å². The molecule has 1 saturated heterocycles. The third-order valence-electron chi connectivity index (χ3n) is 2.34. The molecule has 0 N–H and O–H groups in total. The molecule has 0 amide bonds. The number of benzene rings is 1. The number of rotatable bonds is 1. The molecule has 0 aliphatic carbocycles. The van der Waals surface area contributed by atoms with Gasteiger partial charge in [0.2, 0.25) is 0 Å². The molecule has 0 saturated carbocycles. The lowest BCUT2D eigenvalue weighted by Gasteiger charge is -1.93. The van der Waals surface area contributed by atoms with Crippen LogP contribution in [0.3, 0.4) is 0 Å². The quantitative estimate of drug-likeness (QED) is 0.605. The Balaban J connectivity index is 2.17. The fourth-order valence-corrected chi connectivity index (χ4v) is 1.76. The molecular weight excluding hydrogens is 182 g/mol. The summed E-state index contributed by atoms with van der Waals surface area (Å²) in [7, 11) is 0. The van der Waals surface area contributed by atoms with E-state index in [9.17, 15) is 0 Å². The number of nitrogens with zero attached hydrogens (tertiary/aromatic N) is 1. The first-order valence-electron chi connectivity index (χ1n) is 4.69. The molecule has 1 fully saturated rings. The SMILES string of the molecule is Clc1ccc(C=[N+]2CCCC2)cc1. The van der Waals surface area contributed by atoms with Crippen LogP contribution in [-0.4, -0.2) is 23.9 Å². The van der Waals surface area contributed by atoms with Crippen LogP contribution < -0.4 is 0 Å². The van der Waals surface area contributed by atoms with Crippen molar-refractivity contribution in [2.45, 2.75) is 12.8 Å². The third-order valence-corrected chi connectivity index (χ3v) is 2.59. The summed E-state index contributed by atoms with van der Waals surface area (Å²) in [4.78, 5) is 0. The minimum Gasteiger partial charge on any atom is -0.236 e. The Hall–Kier alpha value is -0.820. The maximum absolute atomic E-state index is 5.80. The minimum absolute atomic E-state index is 0.804. The molecule has 13 heavy (non-hydrogen) atoms. The van der Waals surface area contributed by atoms with Crippen molar-refractivity contribution in [2.75, 3.05) is 13.1 Å². The molecule has 1 aliphatic heterocycles. The van der Waals surface area contributed by atoms with Gasteiger partial charge in [-0.2, -0.15) is 0 Å². The monoisotopic (exact) mass is 194 g/mol. The van der Waals surface area contributed by atoms with E-state index in [2.05, 4.69) is 22.9 Å². The van der Waals surface area contributed by atoms with Gasteiger partial charge in [0.05, 0.1) is 0 Å². The predicted octanol–water partition coefficient (Wildman–Crippen LogP) is 2.57. The van der Waals surface area contributed by atoms with Crippen molar-refractivity contribution in [1.29, 1.82) is 0 Å². The van der Waals surface area contributed by atoms with Gasteiger partial charge >= 0.3 is 0 Å². The highest BCUT2D eigenvalue weighted by Gasteiger charge is 2.11.